The van der Waals surface area contributed by atoms with Crippen molar-refractivity contribution in [3.05, 3.63) is 40.4 Å². The first kappa shape index (κ1) is 17.7. The van der Waals surface area contributed by atoms with Gasteiger partial charge >= 0.3 is 13.1 Å². The number of benzene rings is 1. The zero-order chi connectivity index (χ0) is 18.8. The molecule has 0 saturated carbocycles. The number of aromatic nitrogens is 1. The van der Waals surface area contributed by atoms with E-state index in [1.165, 1.54) is 11.4 Å². The van der Waals surface area contributed by atoms with Crippen molar-refractivity contribution in [1.82, 2.24) is 10.3 Å². The quantitative estimate of drug-likeness (QED) is 0.211. The van der Waals surface area contributed by atoms with Gasteiger partial charge in [-0.25, -0.2) is 9.78 Å². The normalized spacial score (nSPS) is 16.6. The molecule has 1 aromatic carbocycles. The van der Waals surface area contributed by atoms with Crippen LogP contribution < -0.4 is 15.7 Å². The minimum Gasteiger partial charge on any atom is -0.534 e. The predicted molar refractivity (Wildman–Crippen MR) is 92.5 cm³/mol. The van der Waals surface area contributed by atoms with E-state index in [-0.39, 0.29) is 34.3 Å². The first-order chi connectivity index (χ1) is 12.4. The van der Waals surface area contributed by atoms with Gasteiger partial charge in [0.25, 0.3) is 5.91 Å². The molecule has 0 saturated heterocycles. The average molecular weight is 376 g/mol. The van der Waals surface area contributed by atoms with Gasteiger partial charge in [-0.3, -0.25) is 4.79 Å². The van der Waals surface area contributed by atoms with Crippen molar-refractivity contribution in [1.29, 1.82) is 0 Å². The third-order valence-corrected chi connectivity index (χ3v) is 4.42. The van der Waals surface area contributed by atoms with E-state index in [2.05, 4.69) is 15.5 Å². The molecule has 0 aliphatic carbocycles. The van der Waals surface area contributed by atoms with E-state index in [4.69, 9.17) is 15.6 Å². The van der Waals surface area contributed by atoms with Gasteiger partial charge in [0.2, 0.25) is 0 Å². The van der Waals surface area contributed by atoms with Crippen molar-refractivity contribution >= 4 is 41.2 Å². The largest absolute Gasteiger partial charge is 0.547 e. The summed E-state index contributed by atoms with van der Waals surface area (Å²) in [5.41, 5.74) is 5.66. The second-order valence-electron chi connectivity index (χ2n) is 5.41. The van der Waals surface area contributed by atoms with Gasteiger partial charge in [0.05, 0.1) is 11.5 Å². The number of nitrogens with one attached hydrogen (secondary N) is 1. The van der Waals surface area contributed by atoms with Crippen LogP contribution in [0.3, 0.4) is 0 Å². The van der Waals surface area contributed by atoms with E-state index >= 15 is 0 Å². The lowest BCUT2D eigenvalue weighted by Crippen LogP contribution is -2.54. The summed E-state index contributed by atoms with van der Waals surface area (Å²) < 4.78 is 5.29. The topological polar surface area (TPSA) is 167 Å². The van der Waals surface area contributed by atoms with Gasteiger partial charge in [-0.15, -0.1) is 11.3 Å². The van der Waals surface area contributed by atoms with Crippen molar-refractivity contribution in [3.8, 4) is 5.75 Å². The van der Waals surface area contributed by atoms with E-state index in [1.807, 2.05) is 0 Å². The number of hydrogen-bond donors (Lipinski definition) is 5. The van der Waals surface area contributed by atoms with Crippen LogP contribution in [0.5, 0.6) is 5.75 Å². The Hall–Kier alpha value is -3.12. The Balaban J connectivity index is 1.80. The number of rotatable bonds is 4. The summed E-state index contributed by atoms with van der Waals surface area (Å²) in [6.45, 7) is 0. The van der Waals surface area contributed by atoms with Gasteiger partial charge in [0, 0.05) is 5.38 Å². The van der Waals surface area contributed by atoms with E-state index < -0.39 is 24.9 Å². The maximum absolute atomic E-state index is 12.3. The highest BCUT2D eigenvalue weighted by Gasteiger charge is 2.38. The lowest BCUT2D eigenvalue weighted by molar-refractivity contribution is -0.115. The standard InChI is InChI=1S/C14H13BN4O6S/c16-14-17-8(5-26-14)10(19-24)12(20)18-9-4-6-2-1-3-7(13(21)22)11(6)25-15(9)23/h1-3,5,9,23-24H,4H2,(H2,16,17)(H,18,20)(H,21,22). The molecule has 3 rings (SSSR count). The maximum Gasteiger partial charge on any atom is 0.547 e. The van der Waals surface area contributed by atoms with Crippen LogP contribution in [0.1, 0.15) is 21.6 Å². The molecule has 134 valence electrons. The summed E-state index contributed by atoms with van der Waals surface area (Å²) in [6.07, 6.45) is 0.126. The van der Waals surface area contributed by atoms with E-state index in [0.717, 1.165) is 11.3 Å². The number of nitrogen functional groups attached to an aromatic ring is 1. The second-order valence-corrected chi connectivity index (χ2v) is 6.30. The summed E-state index contributed by atoms with van der Waals surface area (Å²) in [5, 5.41) is 35.5. The number of nitrogens with two attached hydrogens (primary N) is 1. The molecule has 1 atom stereocenters. The van der Waals surface area contributed by atoms with Crippen molar-refractivity contribution in [3.63, 3.8) is 0 Å². The molecule has 26 heavy (non-hydrogen) atoms. The number of carboxylic acid groups (broad SMARTS) is 1. The smallest absolute Gasteiger partial charge is 0.534 e. The highest BCUT2D eigenvalue weighted by molar-refractivity contribution is 7.13. The minimum atomic E-state index is -1.48. The Labute approximate surface area is 151 Å². The van der Waals surface area contributed by atoms with Crippen molar-refractivity contribution in [2.24, 2.45) is 5.16 Å². The first-order valence-corrected chi connectivity index (χ1v) is 8.23. The summed E-state index contributed by atoms with van der Waals surface area (Å²) in [5.74, 6) is -2.80. The van der Waals surface area contributed by atoms with Gasteiger partial charge < -0.3 is 31.0 Å². The first-order valence-electron chi connectivity index (χ1n) is 7.35. The van der Waals surface area contributed by atoms with Crippen molar-refractivity contribution in [2.45, 2.75) is 12.4 Å². The number of carboxylic acids is 1. The summed E-state index contributed by atoms with van der Waals surface area (Å²) >= 11 is 1.07. The third-order valence-electron chi connectivity index (χ3n) is 3.75. The summed E-state index contributed by atoms with van der Waals surface area (Å²) in [4.78, 5) is 27.4. The van der Waals surface area contributed by atoms with Crippen LogP contribution in [0, 0.1) is 0 Å². The Bertz CT molecular complexity index is 901. The number of thiazole rings is 1. The maximum atomic E-state index is 12.3. The number of para-hydroxylation sites is 1. The molecule has 1 aliphatic heterocycles. The lowest BCUT2D eigenvalue weighted by Gasteiger charge is -2.28. The number of amides is 1. The summed E-state index contributed by atoms with van der Waals surface area (Å²) in [6, 6.07) is 4.53. The van der Waals surface area contributed by atoms with Crippen molar-refractivity contribution in [2.75, 3.05) is 5.73 Å². The molecule has 1 amide bonds. The number of fused-ring (bicyclic) bond motifs is 1. The van der Waals surface area contributed by atoms with Crippen LogP contribution >= 0.6 is 11.3 Å². The highest BCUT2D eigenvalue weighted by Crippen LogP contribution is 2.30. The molecule has 2 heterocycles. The fourth-order valence-corrected chi connectivity index (χ4v) is 3.11. The van der Waals surface area contributed by atoms with Crippen LogP contribution in [-0.2, 0) is 11.2 Å². The van der Waals surface area contributed by atoms with Crippen molar-refractivity contribution < 1.29 is 29.6 Å². The van der Waals surface area contributed by atoms with Gasteiger partial charge in [-0.05, 0) is 18.1 Å². The zero-order valence-electron chi connectivity index (χ0n) is 13.1. The molecule has 0 fully saturated rings. The lowest BCUT2D eigenvalue weighted by atomic mass is 9.72. The van der Waals surface area contributed by atoms with Crippen LogP contribution in [0.4, 0.5) is 5.13 Å². The predicted octanol–water partition coefficient (Wildman–Crippen LogP) is -0.259. The van der Waals surface area contributed by atoms with Gasteiger partial charge in [0.1, 0.15) is 11.4 Å². The molecule has 2 aromatic rings. The van der Waals surface area contributed by atoms with Crippen LogP contribution in [0.15, 0.2) is 28.7 Å². The molecular weight excluding hydrogens is 363 g/mol. The molecular formula is C14H13BN4O6S. The number of carbonyl (C=O) groups excluding carboxylic acids is 1. The highest BCUT2D eigenvalue weighted by atomic mass is 32.1. The Morgan fingerprint density at radius 2 is 2.23 bits per heavy atom. The zero-order valence-corrected chi connectivity index (χ0v) is 13.9. The van der Waals surface area contributed by atoms with Gasteiger partial charge in [-0.2, -0.15) is 0 Å². The van der Waals surface area contributed by atoms with Gasteiger partial charge in [0.15, 0.2) is 10.8 Å². The molecule has 12 heteroatoms. The molecule has 1 aliphatic rings. The number of oxime groups is 1. The third kappa shape index (κ3) is 3.32. The molecule has 6 N–H and O–H groups in total. The minimum absolute atomic E-state index is 0.0568. The monoisotopic (exact) mass is 376 g/mol. The molecule has 1 aromatic heterocycles. The van der Waals surface area contributed by atoms with E-state index in [9.17, 15) is 19.7 Å². The Morgan fingerprint density at radius 1 is 1.46 bits per heavy atom. The molecule has 0 bridgehead atoms. The van der Waals surface area contributed by atoms with Gasteiger partial charge in [-0.1, -0.05) is 17.3 Å². The number of nitrogens with zero attached hydrogens (tertiary/aromatic N) is 2. The van der Waals surface area contributed by atoms with Crippen LogP contribution in [-0.4, -0.2) is 51.0 Å². The second kappa shape index (κ2) is 7.02. The fourth-order valence-electron chi connectivity index (χ4n) is 2.56. The summed E-state index contributed by atoms with van der Waals surface area (Å²) in [7, 11) is -1.48. The SMILES string of the molecule is Nc1nc(C(=NO)C(=O)NC2Cc3cccc(C(=O)O)c3OB2O)cs1. The Morgan fingerprint density at radius 3 is 2.85 bits per heavy atom. The molecule has 0 spiro atoms. The number of hydrogen-bond acceptors (Lipinski definition) is 9. The van der Waals surface area contributed by atoms with Crippen LogP contribution in [0.25, 0.3) is 0 Å². The average Bonchev–Trinajstić information content (AvgIpc) is 3.01. The Kier molecular flexibility index (Phi) is 4.78. The van der Waals surface area contributed by atoms with E-state index in [1.54, 1.807) is 12.1 Å². The molecule has 1 unspecified atom stereocenters. The fraction of sp³-hybridized carbons (Fsp3) is 0.143. The number of carbonyl (C=O) groups is 2. The van der Waals surface area contributed by atoms with E-state index in [0.29, 0.717) is 5.56 Å². The number of aromatic carboxylic acids is 1. The number of anilines is 1. The molecule has 10 nitrogen and oxygen atoms in total. The van der Waals surface area contributed by atoms with Crippen LogP contribution in [0.2, 0.25) is 0 Å². The molecule has 0 radical (unpaired) electrons.